The van der Waals surface area contributed by atoms with Crippen LogP contribution in [0.3, 0.4) is 0 Å². The third kappa shape index (κ3) is 5.65. The molecule has 0 fully saturated rings. The second-order valence-electron chi connectivity index (χ2n) is 4.36. The van der Waals surface area contributed by atoms with Crippen molar-refractivity contribution in [2.24, 2.45) is 5.92 Å². The highest BCUT2D eigenvalue weighted by Gasteiger charge is 2.26. The Kier molecular flexibility index (Phi) is 5.86. The lowest BCUT2D eigenvalue weighted by molar-refractivity contribution is -0.141. The van der Waals surface area contributed by atoms with Gasteiger partial charge in [-0.2, -0.15) is 11.8 Å². The van der Waals surface area contributed by atoms with Crippen molar-refractivity contribution in [2.45, 2.75) is 18.9 Å². The number of hydrogen-bond donors (Lipinski definition) is 2. The van der Waals surface area contributed by atoms with E-state index < -0.39 is 27.8 Å². The number of rotatable bonds is 7. The van der Waals surface area contributed by atoms with Gasteiger partial charge in [-0.25, -0.2) is 13.2 Å². The summed E-state index contributed by atoms with van der Waals surface area (Å²) >= 11 is 1.50. The Morgan fingerprint density at radius 3 is 2.68 bits per heavy atom. The zero-order chi connectivity index (χ0) is 14.5. The third-order valence-corrected chi connectivity index (χ3v) is 4.80. The second kappa shape index (κ2) is 6.95. The van der Waals surface area contributed by atoms with Crippen molar-refractivity contribution >= 4 is 33.5 Å². The van der Waals surface area contributed by atoms with Gasteiger partial charge < -0.3 is 10.4 Å². The molecule has 8 heteroatoms. The van der Waals surface area contributed by atoms with Gasteiger partial charge in [0.2, 0.25) is 5.91 Å². The van der Waals surface area contributed by atoms with Gasteiger partial charge in [-0.3, -0.25) is 4.79 Å². The maximum Gasteiger partial charge on any atom is 0.326 e. The van der Waals surface area contributed by atoms with Crippen LogP contribution in [-0.2, 0) is 19.4 Å². The van der Waals surface area contributed by atoms with Gasteiger partial charge in [0, 0.05) is 17.7 Å². The number of carbonyl (C=O) groups excluding carboxylic acids is 1. The molecule has 2 atom stereocenters. The van der Waals surface area contributed by atoms with Crippen molar-refractivity contribution < 1.29 is 23.1 Å². The van der Waals surface area contributed by atoms with Crippen molar-refractivity contribution in [3.63, 3.8) is 0 Å². The molecule has 0 aromatic carbocycles. The minimum atomic E-state index is -3.18. The second-order valence-corrected chi connectivity index (χ2v) is 7.28. The maximum absolute atomic E-state index is 11.7. The summed E-state index contributed by atoms with van der Waals surface area (Å²) in [4.78, 5) is 22.6. The monoisotopic (exact) mass is 307 g/mol. The van der Waals surface area contributed by atoms with Crippen molar-refractivity contribution in [2.75, 3.05) is 17.8 Å². The molecule has 0 bridgehead atoms. The average molecular weight is 307 g/mol. The number of carboxylic acids is 1. The van der Waals surface area contributed by atoms with Crippen LogP contribution in [0.4, 0.5) is 0 Å². The summed E-state index contributed by atoms with van der Waals surface area (Å²) in [6.07, 6.45) is 3.68. The van der Waals surface area contributed by atoms with Crippen molar-refractivity contribution in [3.05, 3.63) is 11.5 Å². The molecule has 0 aromatic heterocycles. The summed E-state index contributed by atoms with van der Waals surface area (Å²) in [5, 5.41) is 12.5. The zero-order valence-electron chi connectivity index (χ0n) is 10.5. The van der Waals surface area contributed by atoms with Gasteiger partial charge in [-0.05, 0) is 18.4 Å². The third-order valence-electron chi connectivity index (χ3n) is 2.70. The van der Waals surface area contributed by atoms with E-state index in [-0.39, 0.29) is 18.1 Å². The molecule has 0 radical (unpaired) electrons. The molecule has 0 aromatic rings. The fraction of sp³-hybridized carbons (Fsp3) is 0.636. The summed E-state index contributed by atoms with van der Waals surface area (Å²) in [6.45, 7) is 0. The van der Waals surface area contributed by atoms with Crippen molar-refractivity contribution in [1.82, 2.24) is 5.32 Å². The number of nitrogens with one attached hydrogen (secondary N) is 1. The smallest absolute Gasteiger partial charge is 0.326 e. The first-order valence-electron chi connectivity index (χ1n) is 5.76. The van der Waals surface area contributed by atoms with Crippen LogP contribution >= 0.6 is 11.8 Å². The predicted molar refractivity (Wildman–Crippen MR) is 73.6 cm³/mol. The van der Waals surface area contributed by atoms with Crippen LogP contribution in [0.2, 0.25) is 0 Å². The molecule has 1 heterocycles. The first kappa shape index (κ1) is 16.0. The lowest BCUT2D eigenvalue weighted by Crippen LogP contribution is -2.41. The molecule has 1 aliphatic heterocycles. The van der Waals surface area contributed by atoms with Gasteiger partial charge in [0.1, 0.15) is 6.04 Å². The molecule has 2 N–H and O–H groups in total. The summed E-state index contributed by atoms with van der Waals surface area (Å²) in [5.74, 6) is -1.31. The minimum Gasteiger partial charge on any atom is -0.480 e. The lowest BCUT2D eigenvalue weighted by atomic mass is 10.1. The highest BCUT2D eigenvalue weighted by molar-refractivity contribution is 7.98. The number of sulfone groups is 1. The van der Waals surface area contributed by atoms with Gasteiger partial charge in [-0.15, -0.1) is 0 Å². The number of amides is 1. The quantitative estimate of drug-likeness (QED) is 0.699. The van der Waals surface area contributed by atoms with Crippen LogP contribution in [-0.4, -0.2) is 49.2 Å². The molecule has 0 saturated carbocycles. The van der Waals surface area contributed by atoms with Crippen LogP contribution in [0.25, 0.3) is 0 Å². The molecule has 1 rings (SSSR count). The summed E-state index contributed by atoms with van der Waals surface area (Å²) in [7, 11) is -3.18. The van der Waals surface area contributed by atoms with Gasteiger partial charge in [0.25, 0.3) is 0 Å². The fourth-order valence-corrected chi connectivity index (χ4v) is 3.62. The lowest BCUT2D eigenvalue weighted by Gasteiger charge is -2.15. The standard InChI is InChI=1S/C11H17NO5S2/c1-18-4-2-9(11(14)15)12-10(13)6-8-3-5-19(16,17)7-8/h3,5,8-9H,2,4,6-7H2,1H3,(H,12,13)(H,14,15). The molecular formula is C11H17NO5S2. The van der Waals surface area contributed by atoms with E-state index in [1.54, 1.807) is 0 Å². The van der Waals surface area contributed by atoms with E-state index in [0.717, 1.165) is 5.41 Å². The number of carboxylic acid groups (broad SMARTS) is 1. The van der Waals surface area contributed by atoms with E-state index in [0.29, 0.717) is 12.2 Å². The number of allylic oxidation sites excluding steroid dienone is 1. The topological polar surface area (TPSA) is 101 Å². The highest BCUT2D eigenvalue weighted by atomic mass is 32.2. The molecule has 0 spiro atoms. The van der Waals surface area contributed by atoms with Crippen LogP contribution in [0, 0.1) is 5.92 Å². The Morgan fingerprint density at radius 1 is 1.53 bits per heavy atom. The van der Waals surface area contributed by atoms with Crippen LogP contribution in [0.5, 0.6) is 0 Å². The van der Waals surface area contributed by atoms with Gasteiger partial charge in [-0.1, -0.05) is 6.08 Å². The van der Waals surface area contributed by atoms with E-state index in [1.807, 2.05) is 6.26 Å². The summed E-state index contributed by atoms with van der Waals surface area (Å²) < 4.78 is 22.4. The molecular weight excluding hydrogens is 290 g/mol. The Morgan fingerprint density at radius 2 is 2.21 bits per heavy atom. The Bertz CT molecular complexity index is 471. The zero-order valence-corrected chi connectivity index (χ0v) is 12.2. The van der Waals surface area contributed by atoms with Crippen LogP contribution in [0.1, 0.15) is 12.8 Å². The van der Waals surface area contributed by atoms with Crippen LogP contribution < -0.4 is 5.32 Å². The highest BCUT2D eigenvalue weighted by Crippen LogP contribution is 2.18. The molecule has 0 saturated heterocycles. The molecule has 0 aliphatic carbocycles. The first-order valence-corrected chi connectivity index (χ1v) is 8.87. The van der Waals surface area contributed by atoms with Crippen molar-refractivity contribution in [3.8, 4) is 0 Å². The molecule has 2 unspecified atom stereocenters. The molecule has 1 amide bonds. The number of carbonyl (C=O) groups is 2. The number of thioether (sulfide) groups is 1. The predicted octanol–water partition coefficient (Wildman–Crippen LogP) is 0.257. The fourth-order valence-electron chi connectivity index (χ4n) is 1.75. The van der Waals surface area contributed by atoms with E-state index in [9.17, 15) is 18.0 Å². The van der Waals surface area contributed by atoms with Crippen LogP contribution in [0.15, 0.2) is 11.5 Å². The molecule has 19 heavy (non-hydrogen) atoms. The minimum absolute atomic E-state index is 0.00121. The normalized spacial score (nSPS) is 22.1. The van der Waals surface area contributed by atoms with E-state index in [2.05, 4.69) is 5.32 Å². The van der Waals surface area contributed by atoms with Gasteiger partial charge in [0.15, 0.2) is 9.84 Å². The van der Waals surface area contributed by atoms with Crippen molar-refractivity contribution in [1.29, 1.82) is 0 Å². The SMILES string of the molecule is CSCCC(NC(=O)CC1C=CS(=O)(=O)C1)C(=O)O. The molecule has 6 nitrogen and oxygen atoms in total. The number of hydrogen-bond acceptors (Lipinski definition) is 5. The molecule has 108 valence electrons. The average Bonchev–Trinajstić information content (AvgIpc) is 2.63. The Balaban J connectivity index is 2.45. The van der Waals surface area contributed by atoms with E-state index in [4.69, 9.17) is 5.11 Å². The largest absolute Gasteiger partial charge is 0.480 e. The summed E-state index contributed by atoms with van der Waals surface area (Å²) in [6, 6.07) is -0.915. The summed E-state index contributed by atoms with van der Waals surface area (Å²) in [5.41, 5.74) is 0. The first-order chi connectivity index (χ1) is 8.84. The van der Waals surface area contributed by atoms with E-state index in [1.165, 1.54) is 17.8 Å². The van der Waals surface area contributed by atoms with Gasteiger partial charge >= 0.3 is 5.97 Å². The molecule has 1 aliphatic rings. The Hall–Kier alpha value is -1.02. The maximum atomic E-state index is 11.7. The van der Waals surface area contributed by atoms with Gasteiger partial charge in [0.05, 0.1) is 5.75 Å². The van der Waals surface area contributed by atoms with E-state index >= 15 is 0 Å². The Labute approximate surface area is 116 Å². The number of aliphatic carboxylic acids is 1.